The number of amides is 1. The minimum absolute atomic E-state index is 0.0312. The van der Waals surface area contributed by atoms with Gasteiger partial charge in [-0.1, -0.05) is 0 Å². The van der Waals surface area contributed by atoms with Gasteiger partial charge < -0.3 is 14.5 Å². The number of nitrogens with zero attached hydrogens (tertiary/aromatic N) is 4. The first-order valence-corrected chi connectivity index (χ1v) is 8.56. The Kier molecular flexibility index (Phi) is 4.99. The van der Waals surface area contributed by atoms with Crippen LogP contribution < -0.4 is 10.1 Å². The highest BCUT2D eigenvalue weighted by Gasteiger charge is 2.36. The molecule has 166 valence electrons. The normalized spacial score (nSPS) is 12.2. The lowest BCUT2D eigenvalue weighted by molar-refractivity contribution is -0.274. The summed E-state index contributed by atoms with van der Waals surface area (Å²) in [5.74, 6) is -2.63. The maximum absolute atomic E-state index is 13.5. The molecule has 0 bridgehead atoms. The number of nitrogens with one attached hydrogen (secondary N) is 1. The quantitative estimate of drug-likeness (QED) is 0.452. The van der Waals surface area contributed by atoms with Crippen LogP contribution in [0.2, 0.25) is 0 Å². The fraction of sp³-hybridized carbons (Fsp3) is 0.111. The van der Waals surface area contributed by atoms with E-state index >= 15 is 0 Å². The van der Waals surface area contributed by atoms with Gasteiger partial charge in [-0.15, -0.1) is 18.3 Å². The number of furan rings is 1. The zero-order valence-electron chi connectivity index (χ0n) is 15.4. The SMILES string of the molecule is O=C(Nc1ccc(OC(F)(F)F)cc1)c1nc2nc(-c3ccco3)cc(C(F)(F)F)n2n1. The summed E-state index contributed by atoms with van der Waals surface area (Å²) in [5, 5.41) is 5.84. The van der Waals surface area contributed by atoms with Crippen LogP contribution in [-0.2, 0) is 6.18 Å². The first-order valence-electron chi connectivity index (χ1n) is 8.56. The molecule has 0 aliphatic heterocycles. The molecule has 0 saturated carbocycles. The number of hydrogen-bond donors (Lipinski definition) is 1. The van der Waals surface area contributed by atoms with Crippen LogP contribution >= 0.6 is 0 Å². The second-order valence-corrected chi connectivity index (χ2v) is 6.18. The maximum Gasteiger partial charge on any atom is 0.573 e. The fourth-order valence-electron chi connectivity index (χ4n) is 2.64. The Morgan fingerprint density at radius 2 is 1.75 bits per heavy atom. The molecule has 0 aliphatic rings. The van der Waals surface area contributed by atoms with E-state index in [4.69, 9.17) is 4.42 Å². The van der Waals surface area contributed by atoms with Gasteiger partial charge in [0.15, 0.2) is 11.5 Å². The van der Waals surface area contributed by atoms with Gasteiger partial charge in [-0.2, -0.15) is 22.7 Å². The van der Waals surface area contributed by atoms with Gasteiger partial charge in [0.2, 0.25) is 5.82 Å². The van der Waals surface area contributed by atoms with E-state index in [0.717, 1.165) is 24.3 Å². The summed E-state index contributed by atoms with van der Waals surface area (Å²) in [6.45, 7) is 0. The third kappa shape index (κ3) is 4.48. The number of hydrogen-bond acceptors (Lipinski definition) is 6. The standard InChI is InChI=1S/C18H9F6N5O3/c19-17(20,21)13-8-11(12-2-1-7-31-12)26-16-27-14(28-29(13)16)15(30)25-9-3-5-10(6-4-9)32-18(22,23)24/h1-8H,(H,25,30). The van der Waals surface area contributed by atoms with Gasteiger partial charge in [0.25, 0.3) is 11.7 Å². The second kappa shape index (κ2) is 7.55. The molecule has 0 unspecified atom stereocenters. The van der Waals surface area contributed by atoms with Crippen molar-refractivity contribution in [3.63, 3.8) is 0 Å². The number of anilines is 1. The molecule has 1 aromatic carbocycles. The minimum atomic E-state index is -4.89. The Balaban J connectivity index is 1.64. The molecule has 8 nitrogen and oxygen atoms in total. The lowest BCUT2D eigenvalue weighted by Gasteiger charge is -2.09. The maximum atomic E-state index is 13.5. The molecule has 1 N–H and O–H groups in total. The smallest absolute Gasteiger partial charge is 0.463 e. The van der Waals surface area contributed by atoms with Crippen LogP contribution in [0.4, 0.5) is 32.0 Å². The van der Waals surface area contributed by atoms with Crippen LogP contribution in [0.3, 0.4) is 0 Å². The van der Waals surface area contributed by atoms with E-state index < -0.39 is 41.5 Å². The molecule has 0 aliphatic carbocycles. The van der Waals surface area contributed by atoms with Gasteiger partial charge in [-0.05, 0) is 42.5 Å². The highest BCUT2D eigenvalue weighted by molar-refractivity contribution is 6.01. The van der Waals surface area contributed by atoms with Crippen molar-refractivity contribution in [1.29, 1.82) is 0 Å². The number of carbonyl (C=O) groups is 1. The molecule has 0 saturated heterocycles. The third-order valence-electron chi connectivity index (χ3n) is 3.93. The Labute approximate surface area is 173 Å². The molecular weight excluding hydrogens is 448 g/mol. The highest BCUT2D eigenvalue weighted by Crippen LogP contribution is 2.32. The van der Waals surface area contributed by atoms with Gasteiger partial charge >= 0.3 is 12.5 Å². The molecule has 0 atom stereocenters. The third-order valence-corrected chi connectivity index (χ3v) is 3.93. The number of carbonyl (C=O) groups excluding carboxylic acids is 1. The molecule has 3 heterocycles. The molecule has 1 amide bonds. The van der Waals surface area contributed by atoms with Crippen molar-refractivity contribution in [1.82, 2.24) is 19.6 Å². The molecule has 0 spiro atoms. The monoisotopic (exact) mass is 457 g/mol. The number of alkyl halides is 6. The lowest BCUT2D eigenvalue weighted by Crippen LogP contribution is -2.17. The average Bonchev–Trinajstić information content (AvgIpc) is 3.36. The Morgan fingerprint density at radius 3 is 2.34 bits per heavy atom. The number of aromatic nitrogens is 4. The lowest BCUT2D eigenvalue weighted by atomic mass is 10.2. The largest absolute Gasteiger partial charge is 0.573 e. The Bertz CT molecular complexity index is 1260. The summed E-state index contributed by atoms with van der Waals surface area (Å²) in [5.41, 5.74) is -1.38. The van der Waals surface area contributed by atoms with Crippen LogP contribution in [0.15, 0.2) is 53.1 Å². The number of halogens is 6. The van der Waals surface area contributed by atoms with Gasteiger partial charge in [0.1, 0.15) is 11.4 Å². The summed E-state index contributed by atoms with van der Waals surface area (Å²) in [6.07, 6.45) is -8.48. The number of fused-ring (bicyclic) bond motifs is 1. The van der Waals surface area contributed by atoms with Crippen LogP contribution in [0.1, 0.15) is 16.3 Å². The van der Waals surface area contributed by atoms with Crippen molar-refractivity contribution in [3.8, 4) is 17.2 Å². The van der Waals surface area contributed by atoms with Crippen molar-refractivity contribution in [2.45, 2.75) is 12.5 Å². The zero-order valence-corrected chi connectivity index (χ0v) is 15.4. The summed E-state index contributed by atoms with van der Waals surface area (Å²) >= 11 is 0. The first kappa shape index (κ1) is 21.1. The Morgan fingerprint density at radius 1 is 1.03 bits per heavy atom. The molecular formula is C18H9F6N5O3. The number of benzene rings is 1. The molecule has 4 rings (SSSR count). The molecule has 32 heavy (non-hydrogen) atoms. The van der Waals surface area contributed by atoms with E-state index in [1.807, 2.05) is 0 Å². The van der Waals surface area contributed by atoms with Crippen molar-refractivity contribution in [2.75, 3.05) is 5.32 Å². The summed E-state index contributed by atoms with van der Waals surface area (Å²) in [6, 6.07) is 7.64. The van der Waals surface area contributed by atoms with Gasteiger partial charge in [0.05, 0.1) is 6.26 Å². The van der Waals surface area contributed by atoms with Gasteiger partial charge in [-0.25, -0.2) is 4.98 Å². The molecule has 4 aromatic rings. The molecule has 0 radical (unpaired) electrons. The molecule has 0 fully saturated rings. The van der Waals surface area contributed by atoms with Crippen LogP contribution in [-0.4, -0.2) is 31.9 Å². The van der Waals surface area contributed by atoms with E-state index in [1.165, 1.54) is 18.4 Å². The van der Waals surface area contributed by atoms with Gasteiger partial charge in [0, 0.05) is 5.69 Å². The fourth-order valence-corrected chi connectivity index (χ4v) is 2.64. The predicted octanol–water partition coefficient (Wildman–Crippen LogP) is 4.55. The van der Waals surface area contributed by atoms with E-state index in [9.17, 15) is 31.1 Å². The van der Waals surface area contributed by atoms with Crippen molar-refractivity contribution in [3.05, 3.63) is 60.2 Å². The van der Waals surface area contributed by atoms with E-state index in [-0.39, 0.29) is 17.1 Å². The summed E-state index contributed by atoms with van der Waals surface area (Å²) in [7, 11) is 0. The van der Waals surface area contributed by atoms with E-state index in [1.54, 1.807) is 0 Å². The van der Waals surface area contributed by atoms with Crippen LogP contribution in [0.5, 0.6) is 5.75 Å². The summed E-state index contributed by atoms with van der Waals surface area (Å²) < 4.78 is 86.3. The second-order valence-electron chi connectivity index (χ2n) is 6.18. The minimum Gasteiger partial charge on any atom is -0.463 e. The molecule has 14 heteroatoms. The predicted molar refractivity (Wildman–Crippen MR) is 94.6 cm³/mol. The van der Waals surface area contributed by atoms with Crippen molar-refractivity contribution >= 4 is 17.4 Å². The zero-order chi connectivity index (χ0) is 23.1. The van der Waals surface area contributed by atoms with Crippen molar-refractivity contribution < 1.29 is 40.3 Å². The van der Waals surface area contributed by atoms with Crippen LogP contribution in [0.25, 0.3) is 17.2 Å². The summed E-state index contributed by atoms with van der Waals surface area (Å²) in [4.78, 5) is 20.1. The molecule has 3 aromatic heterocycles. The first-order chi connectivity index (χ1) is 15.0. The van der Waals surface area contributed by atoms with E-state index in [0.29, 0.717) is 10.6 Å². The topological polar surface area (TPSA) is 94.5 Å². The Hall–Kier alpha value is -4.10. The van der Waals surface area contributed by atoms with E-state index in [2.05, 4.69) is 25.1 Å². The van der Waals surface area contributed by atoms with Crippen LogP contribution in [0, 0.1) is 0 Å². The van der Waals surface area contributed by atoms with Gasteiger partial charge in [-0.3, -0.25) is 4.79 Å². The number of ether oxygens (including phenoxy) is 1. The highest BCUT2D eigenvalue weighted by atomic mass is 19.4. The van der Waals surface area contributed by atoms with Crippen molar-refractivity contribution in [2.24, 2.45) is 0 Å². The number of rotatable bonds is 4. The average molecular weight is 457 g/mol.